The zero-order valence-corrected chi connectivity index (χ0v) is 11.0. The van der Waals surface area contributed by atoms with E-state index in [1.807, 2.05) is 19.1 Å². The Labute approximate surface area is 112 Å². The van der Waals surface area contributed by atoms with Crippen LogP contribution in [-0.4, -0.2) is 24.8 Å². The van der Waals surface area contributed by atoms with Crippen molar-refractivity contribution in [1.29, 1.82) is 0 Å². The first-order valence-corrected chi connectivity index (χ1v) is 6.48. The Morgan fingerprint density at radius 1 is 1.50 bits per heavy atom. The number of urea groups is 1. The molecule has 2 rings (SSSR count). The highest BCUT2D eigenvalue weighted by Crippen LogP contribution is 2.20. The van der Waals surface area contributed by atoms with E-state index < -0.39 is 0 Å². The number of rotatable bonds is 3. The molecule has 0 unspecified atom stereocenters. The molecule has 1 aromatic carbocycles. The molecule has 18 heavy (non-hydrogen) atoms. The molecule has 0 saturated carbocycles. The summed E-state index contributed by atoms with van der Waals surface area (Å²) in [7, 11) is 0. The summed E-state index contributed by atoms with van der Waals surface area (Å²) in [5.41, 5.74) is 0.608. The molecule has 0 aliphatic carbocycles. The lowest BCUT2D eigenvalue weighted by Crippen LogP contribution is -2.43. The first-order chi connectivity index (χ1) is 8.66. The van der Waals surface area contributed by atoms with Gasteiger partial charge in [-0.05, 0) is 31.9 Å². The average Bonchev–Trinajstić information content (AvgIpc) is 2.85. The highest BCUT2D eigenvalue weighted by atomic mass is 35.5. The molecule has 2 atom stereocenters. The van der Waals surface area contributed by atoms with E-state index in [0.29, 0.717) is 10.7 Å². The minimum absolute atomic E-state index is 0.00464. The van der Waals surface area contributed by atoms with Crippen LogP contribution in [0.4, 0.5) is 10.5 Å². The van der Waals surface area contributed by atoms with E-state index in [2.05, 4.69) is 10.6 Å². The van der Waals surface area contributed by atoms with Crippen LogP contribution in [0, 0.1) is 0 Å². The molecule has 0 radical (unpaired) electrons. The van der Waals surface area contributed by atoms with Crippen molar-refractivity contribution in [2.75, 3.05) is 11.9 Å². The summed E-state index contributed by atoms with van der Waals surface area (Å²) < 4.78 is 5.52. The van der Waals surface area contributed by atoms with Crippen molar-refractivity contribution >= 4 is 23.3 Å². The molecule has 1 saturated heterocycles. The Balaban J connectivity index is 1.86. The minimum Gasteiger partial charge on any atom is -0.376 e. The van der Waals surface area contributed by atoms with E-state index in [0.717, 1.165) is 19.4 Å². The maximum atomic E-state index is 11.8. The monoisotopic (exact) mass is 268 g/mol. The second kappa shape index (κ2) is 6.07. The van der Waals surface area contributed by atoms with E-state index >= 15 is 0 Å². The maximum absolute atomic E-state index is 11.8. The molecule has 0 bridgehead atoms. The predicted molar refractivity (Wildman–Crippen MR) is 72.0 cm³/mol. The van der Waals surface area contributed by atoms with Gasteiger partial charge in [0.25, 0.3) is 0 Å². The topological polar surface area (TPSA) is 50.4 Å². The van der Waals surface area contributed by atoms with Gasteiger partial charge in [-0.25, -0.2) is 4.79 Å². The maximum Gasteiger partial charge on any atom is 0.319 e. The number of carbonyl (C=O) groups excluding carboxylic acids is 1. The van der Waals surface area contributed by atoms with E-state index in [9.17, 15) is 4.79 Å². The van der Waals surface area contributed by atoms with Crippen LogP contribution in [-0.2, 0) is 4.74 Å². The molecule has 5 heteroatoms. The predicted octanol–water partition coefficient (Wildman–Crippen LogP) is 3.03. The zero-order valence-electron chi connectivity index (χ0n) is 10.3. The van der Waals surface area contributed by atoms with Gasteiger partial charge in [0, 0.05) is 6.61 Å². The fourth-order valence-corrected chi connectivity index (χ4v) is 2.20. The van der Waals surface area contributed by atoms with E-state index in [1.54, 1.807) is 12.1 Å². The third kappa shape index (κ3) is 3.37. The average molecular weight is 269 g/mol. The van der Waals surface area contributed by atoms with Crippen molar-refractivity contribution in [2.24, 2.45) is 0 Å². The Morgan fingerprint density at radius 2 is 2.28 bits per heavy atom. The lowest BCUT2D eigenvalue weighted by atomic mass is 10.1. The van der Waals surface area contributed by atoms with E-state index in [-0.39, 0.29) is 18.2 Å². The summed E-state index contributed by atoms with van der Waals surface area (Å²) in [6.45, 7) is 2.73. The summed E-state index contributed by atoms with van der Waals surface area (Å²) in [6, 6.07) is 6.88. The molecule has 1 aliphatic rings. The van der Waals surface area contributed by atoms with Crippen molar-refractivity contribution in [1.82, 2.24) is 5.32 Å². The zero-order chi connectivity index (χ0) is 13.0. The summed E-state index contributed by atoms with van der Waals surface area (Å²) in [5.74, 6) is 0. The lowest BCUT2D eigenvalue weighted by Gasteiger charge is -2.20. The van der Waals surface area contributed by atoms with E-state index in [4.69, 9.17) is 16.3 Å². The summed E-state index contributed by atoms with van der Waals surface area (Å²) >= 11 is 5.96. The number of benzene rings is 1. The number of ether oxygens (including phenoxy) is 1. The molecule has 1 aliphatic heterocycles. The number of anilines is 1. The molecule has 2 amide bonds. The van der Waals surface area contributed by atoms with Crippen molar-refractivity contribution < 1.29 is 9.53 Å². The van der Waals surface area contributed by atoms with Crippen LogP contribution >= 0.6 is 11.6 Å². The Hall–Kier alpha value is -1.26. The van der Waals surface area contributed by atoms with Gasteiger partial charge < -0.3 is 15.4 Å². The number of halogens is 1. The van der Waals surface area contributed by atoms with Crippen LogP contribution in [0.5, 0.6) is 0 Å². The Morgan fingerprint density at radius 3 is 2.94 bits per heavy atom. The fourth-order valence-electron chi connectivity index (χ4n) is 2.02. The molecule has 1 heterocycles. The number of nitrogens with one attached hydrogen (secondary N) is 2. The molecule has 0 spiro atoms. The third-order valence-corrected chi connectivity index (χ3v) is 3.33. The Kier molecular flexibility index (Phi) is 4.44. The van der Waals surface area contributed by atoms with Crippen molar-refractivity contribution in [2.45, 2.75) is 31.9 Å². The summed E-state index contributed by atoms with van der Waals surface area (Å²) in [5, 5.41) is 6.12. The normalized spacial score (nSPS) is 20.4. The van der Waals surface area contributed by atoms with Gasteiger partial charge in [-0.2, -0.15) is 0 Å². The quantitative estimate of drug-likeness (QED) is 0.885. The standard InChI is InChI=1S/C13H17ClN2O2/c1-9(12-7-4-8-18-12)15-13(17)16-11-6-3-2-5-10(11)14/h2-3,5-6,9,12H,4,7-8H2,1H3,(H2,15,16,17)/t9-,12-/m1/s1. The van der Waals surface area contributed by atoms with Crippen LogP contribution in [0.15, 0.2) is 24.3 Å². The second-order valence-electron chi connectivity index (χ2n) is 4.42. The molecule has 1 aromatic rings. The number of para-hydroxylation sites is 1. The fraction of sp³-hybridized carbons (Fsp3) is 0.462. The first kappa shape index (κ1) is 13.2. The summed E-state index contributed by atoms with van der Waals surface area (Å²) in [4.78, 5) is 11.8. The van der Waals surface area contributed by atoms with E-state index in [1.165, 1.54) is 0 Å². The number of amides is 2. The third-order valence-electron chi connectivity index (χ3n) is 3.00. The molecule has 1 fully saturated rings. The van der Waals surface area contributed by atoms with Crippen LogP contribution in [0.25, 0.3) is 0 Å². The van der Waals surface area contributed by atoms with Gasteiger partial charge in [0.05, 0.1) is 22.9 Å². The van der Waals surface area contributed by atoms with Crippen LogP contribution in [0.2, 0.25) is 5.02 Å². The summed E-state index contributed by atoms with van der Waals surface area (Å²) in [6.07, 6.45) is 2.16. The van der Waals surface area contributed by atoms with Gasteiger partial charge in [-0.3, -0.25) is 0 Å². The van der Waals surface area contributed by atoms with Crippen LogP contribution in [0.1, 0.15) is 19.8 Å². The number of hydrogen-bond donors (Lipinski definition) is 2. The van der Waals surface area contributed by atoms with Gasteiger partial charge in [0.15, 0.2) is 0 Å². The smallest absolute Gasteiger partial charge is 0.319 e. The minimum atomic E-state index is -0.258. The van der Waals surface area contributed by atoms with Gasteiger partial charge >= 0.3 is 6.03 Å². The molecular weight excluding hydrogens is 252 g/mol. The van der Waals surface area contributed by atoms with Gasteiger partial charge in [-0.15, -0.1) is 0 Å². The van der Waals surface area contributed by atoms with Crippen LogP contribution in [0.3, 0.4) is 0 Å². The van der Waals surface area contributed by atoms with Crippen molar-refractivity contribution in [3.8, 4) is 0 Å². The molecule has 98 valence electrons. The van der Waals surface area contributed by atoms with Crippen LogP contribution < -0.4 is 10.6 Å². The first-order valence-electron chi connectivity index (χ1n) is 6.10. The molecule has 2 N–H and O–H groups in total. The molecule has 4 nitrogen and oxygen atoms in total. The van der Waals surface area contributed by atoms with Crippen molar-refractivity contribution in [3.63, 3.8) is 0 Å². The second-order valence-corrected chi connectivity index (χ2v) is 4.83. The lowest BCUT2D eigenvalue weighted by molar-refractivity contribution is 0.0868. The van der Waals surface area contributed by atoms with Crippen molar-refractivity contribution in [3.05, 3.63) is 29.3 Å². The number of hydrogen-bond acceptors (Lipinski definition) is 2. The van der Waals surface area contributed by atoms with Gasteiger partial charge in [0.1, 0.15) is 0 Å². The molecule has 0 aromatic heterocycles. The number of carbonyl (C=O) groups is 1. The highest BCUT2D eigenvalue weighted by molar-refractivity contribution is 6.33. The SMILES string of the molecule is C[C@@H](NC(=O)Nc1ccccc1Cl)[C@H]1CCCO1. The molecular formula is C13H17ClN2O2. The van der Waals surface area contributed by atoms with Gasteiger partial charge in [0.2, 0.25) is 0 Å². The highest BCUT2D eigenvalue weighted by Gasteiger charge is 2.23. The Bertz CT molecular complexity index is 419. The van der Waals surface area contributed by atoms with Gasteiger partial charge in [-0.1, -0.05) is 23.7 Å². The largest absolute Gasteiger partial charge is 0.376 e.